The summed E-state index contributed by atoms with van der Waals surface area (Å²) in [7, 11) is 0. The van der Waals surface area contributed by atoms with Crippen LogP contribution in [0.3, 0.4) is 0 Å². The molecule has 2 aliphatic rings. The van der Waals surface area contributed by atoms with E-state index in [0.717, 1.165) is 57.7 Å². The Kier molecular flexibility index (Phi) is 6.84. The summed E-state index contributed by atoms with van der Waals surface area (Å²) >= 11 is 0. The number of piperazine rings is 1. The van der Waals surface area contributed by atoms with Crippen molar-refractivity contribution in [3.05, 3.63) is 35.9 Å². The summed E-state index contributed by atoms with van der Waals surface area (Å²) in [6.45, 7) is 6.72. The molecule has 0 saturated carbocycles. The number of aliphatic hydroxyl groups is 1. The van der Waals surface area contributed by atoms with Gasteiger partial charge in [-0.3, -0.25) is 14.6 Å². The molecule has 3 rings (SSSR count). The summed E-state index contributed by atoms with van der Waals surface area (Å²) in [5, 5.41) is 10.4. The van der Waals surface area contributed by atoms with Crippen molar-refractivity contribution in [1.82, 2.24) is 14.7 Å². The number of hydrogen-bond acceptors (Lipinski definition) is 4. The Morgan fingerprint density at radius 3 is 2.12 bits per heavy atom. The Morgan fingerprint density at radius 2 is 1.48 bits per heavy atom. The van der Waals surface area contributed by atoms with Crippen molar-refractivity contribution in [1.29, 1.82) is 0 Å². The van der Waals surface area contributed by atoms with Gasteiger partial charge in [-0.2, -0.15) is 0 Å². The third-order valence-corrected chi connectivity index (χ3v) is 5.40. The van der Waals surface area contributed by atoms with Crippen LogP contribution in [0, 0.1) is 0 Å². The van der Waals surface area contributed by atoms with Crippen LogP contribution in [0.25, 0.3) is 0 Å². The normalized spacial score (nSPS) is 21.7. The standard InChI is InChI=1S/C20H31N3O2/c24-19(18-8-4-3-5-9-18)16-21-12-14-22(15-13-21)17-20(25)23-10-6-1-2-7-11-23/h3-5,8-9,19,24H,1-2,6-7,10-17H2. The largest absolute Gasteiger partial charge is 0.387 e. The molecule has 0 aliphatic carbocycles. The average Bonchev–Trinajstić information content (AvgIpc) is 2.93. The first-order valence-corrected chi connectivity index (χ1v) is 9.68. The first-order chi connectivity index (χ1) is 12.2. The third kappa shape index (κ3) is 5.53. The highest BCUT2D eigenvalue weighted by Gasteiger charge is 2.23. The Balaban J connectivity index is 1.40. The molecule has 1 N–H and O–H groups in total. The lowest BCUT2D eigenvalue weighted by molar-refractivity contribution is -0.132. The molecule has 5 nitrogen and oxygen atoms in total. The van der Waals surface area contributed by atoms with Gasteiger partial charge in [0.1, 0.15) is 0 Å². The van der Waals surface area contributed by atoms with Crippen LogP contribution in [0.2, 0.25) is 0 Å². The molecule has 0 bridgehead atoms. The average molecular weight is 345 g/mol. The van der Waals surface area contributed by atoms with E-state index in [0.29, 0.717) is 19.0 Å². The van der Waals surface area contributed by atoms with Gasteiger partial charge >= 0.3 is 0 Å². The van der Waals surface area contributed by atoms with Gasteiger partial charge in [0.15, 0.2) is 0 Å². The number of carbonyl (C=O) groups is 1. The van der Waals surface area contributed by atoms with E-state index in [1.54, 1.807) is 0 Å². The molecule has 0 radical (unpaired) electrons. The van der Waals surface area contributed by atoms with E-state index in [-0.39, 0.29) is 0 Å². The van der Waals surface area contributed by atoms with Crippen LogP contribution in [0.15, 0.2) is 30.3 Å². The molecule has 2 aliphatic heterocycles. The first kappa shape index (κ1) is 18.4. The summed E-state index contributed by atoms with van der Waals surface area (Å²) in [5.74, 6) is 0.291. The van der Waals surface area contributed by atoms with Gasteiger partial charge in [-0.15, -0.1) is 0 Å². The number of benzene rings is 1. The van der Waals surface area contributed by atoms with Crippen molar-refractivity contribution in [3.8, 4) is 0 Å². The molecule has 5 heteroatoms. The van der Waals surface area contributed by atoms with Crippen LogP contribution in [-0.2, 0) is 4.79 Å². The van der Waals surface area contributed by atoms with Gasteiger partial charge in [0, 0.05) is 45.8 Å². The van der Waals surface area contributed by atoms with Gasteiger partial charge in [0.25, 0.3) is 0 Å². The molecule has 0 aromatic heterocycles. The number of nitrogens with zero attached hydrogens (tertiary/aromatic N) is 3. The lowest BCUT2D eigenvalue weighted by Crippen LogP contribution is -2.50. The van der Waals surface area contributed by atoms with E-state index in [2.05, 4.69) is 14.7 Å². The van der Waals surface area contributed by atoms with Gasteiger partial charge in [0.2, 0.25) is 5.91 Å². The zero-order valence-corrected chi connectivity index (χ0v) is 15.1. The van der Waals surface area contributed by atoms with Crippen molar-refractivity contribution in [2.75, 3.05) is 52.4 Å². The molecule has 0 spiro atoms. The van der Waals surface area contributed by atoms with Crippen LogP contribution in [-0.4, -0.2) is 78.1 Å². The molecular formula is C20H31N3O2. The van der Waals surface area contributed by atoms with E-state index in [1.807, 2.05) is 30.3 Å². The summed E-state index contributed by atoms with van der Waals surface area (Å²) in [5.41, 5.74) is 0.973. The maximum atomic E-state index is 12.5. The predicted octanol–water partition coefficient (Wildman–Crippen LogP) is 1.74. The van der Waals surface area contributed by atoms with Crippen LogP contribution in [0.4, 0.5) is 0 Å². The number of β-amino-alcohol motifs (C(OH)–C–C–N with tert-alkyl or cyclic N) is 1. The first-order valence-electron chi connectivity index (χ1n) is 9.68. The number of amides is 1. The SMILES string of the molecule is O=C(CN1CCN(CC(O)c2ccccc2)CC1)N1CCCCCC1. The fourth-order valence-corrected chi connectivity index (χ4v) is 3.77. The zero-order chi connectivity index (χ0) is 17.5. The summed E-state index contributed by atoms with van der Waals surface area (Å²) in [4.78, 5) is 19.1. The smallest absolute Gasteiger partial charge is 0.236 e. The van der Waals surface area contributed by atoms with E-state index in [4.69, 9.17) is 0 Å². The van der Waals surface area contributed by atoms with Gasteiger partial charge in [0.05, 0.1) is 12.6 Å². The predicted molar refractivity (Wildman–Crippen MR) is 99.3 cm³/mol. The van der Waals surface area contributed by atoms with Gasteiger partial charge in [-0.1, -0.05) is 43.2 Å². The molecule has 25 heavy (non-hydrogen) atoms. The van der Waals surface area contributed by atoms with Crippen molar-refractivity contribution < 1.29 is 9.90 Å². The second-order valence-corrected chi connectivity index (χ2v) is 7.30. The molecule has 1 aromatic carbocycles. The Hall–Kier alpha value is -1.43. The van der Waals surface area contributed by atoms with Crippen LogP contribution in [0.1, 0.15) is 37.4 Å². The lowest BCUT2D eigenvalue weighted by atomic mass is 10.1. The number of hydrogen-bond donors (Lipinski definition) is 1. The number of rotatable bonds is 5. The fourth-order valence-electron chi connectivity index (χ4n) is 3.77. The molecule has 1 amide bonds. The topological polar surface area (TPSA) is 47.0 Å². The van der Waals surface area contributed by atoms with Crippen LogP contribution < -0.4 is 0 Å². The molecular weight excluding hydrogens is 314 g/mol. The van der Waals surface area contributed by atoms with Crippen molar-refractivity contribution in [3.63, 3.8) is 0 Å². The maximum absolute atomic E-state index is 12.5. The number of likely N-dealkylation sites (tertiary alicyclic amines) is 1. The van der Waals surface area contributed by atoms with Gasteiger partial charge < -0.3 is 10.0 Å². The van der Waals surface area contributed by atoms with E-state index in [9.17, 15) is 9.90 Å². The molecule has 138 valence electrons. The van der Waals surface area contributed by atoms with E-state index >= 15 is 0 Å². The Labute approximate surface area is 151 Å². The van der Waals surface area contributed by atoms with Crippen LogP contribution in [0.5, 0.6) is 0 Å². The zero-order valence-electron chi connectivity index (χ0n) is 15.1. The molecule has 2 fully saturated rings. The number of aliphatic hydroxyl groups excluding tert-OH is 1. The van der Waals surface area contributed by atoms with Crippen molar-refractivity contribution in [2.24, 2.45) is 0 Å². The second kappa shape index (κ2) is 9.32. The summed E-state index contributed by atoms with van der Waals surface area (Å²) < 4.78 is 0. The molecule has 1 aromatic rings. The third-order valence-electron chi connectivity index (χ3n) is 5.40. The minimum atomic E-state index is -0.438. The molecule has 1 unspecified atom stereocenters. The minimum absolute atomic E-state index is 0.291. The summed E-state index contributed by atoms with van der Waals surface area (Å²) in [6, 6.07) is 9.84. The highest BCUT2D eigenvalue weighted by atomic mass is 16.3. The van der Waals surface area contributed by atoms with Gasteiger partial charge in [-0.05, 0) is 18.4 Å². The lowest BCUT2D eigenvalue weighted by Gasteiger charge is -2.36. The number of carbonyl (C=O) groups excluding carboxylic acids is 1. The summed E-state index contributed by atoms with van der Waals surface area (Å²) in [6.07, 6.45) is 4.37. The Bertz CT molecular complexity index is 521. The minimum Gasteiger partial charge on any atom is -0.387 e. The quantitative estimate of drug-likeness (QED) is 0.883. The fraction of sp³-hybridized carbons (Fsp3) is 0.650. The van der Waals surface area contributed by atoms with E-state index < -0.39 is 6.10 Å². The van der Waals surface area contributed by atoms with Crippen LogP contribution >= 0.6 is 0 Å². The van der Waals surface area contributed by atoms with Gasteiger partial charge in [-0.25, -0.2) is 0 Å². The van der Waals surface area contributed by atoms with Crippen molar-refractivity contribution in [2.45, 2.75) is 31.8 Å². The van der Waals surface area contributed by atoms with E-state index in [1.165, 1.54) is 12.8 Å². The highest BCUT2D eigenvalue weighted by molar-refractivity contribution is 5.78. The molecule has 2 saturated heterocycles. The highest BCUT2D eigenvalue weighted by Crippen LogP contribution is 2.15. The van der Waals surface area contributed by atoms with Crippen molar-refractivity contribution >= 4 is 5.91 Å². The Morgan fingerprint density at radius 1 is 0.880 bits per heavy atom. The maximum Gasteiger partial charge on any atom is 0.236 e. The molecule has 2 heterocycles. The molecule has 1 atom stereocenters. The monoisotopic (exact) mass is 345 g/mol. The second-order valence-electron chi connectivity index (χ2n) is 7.30.